The Balaban J connectivity index is 2.05. The first kappa shape index (κ1) is 12.9. The molecule has 7 nitrogen and oxygen atoms in total. The molecule has 3 unspecified atom stereocenters. The van der Waals surface area contributed by atoms with E-state index in [-0.39, 0.29) is 23.4 Å². The number of amides is 2. The van der Waals surface area contributed by atoms with E-state index >= 15 is 0 Å². The van der Waals surface area contributed by atoms with E-state index in [0.717, 1.165) is 0 Å². The van der Waals surface area contributed by atoms with Gasteiger partial charge < -0.3 is 15.4 Å². The molecule has 2 aliphatic heterocycles. The minimum absolute atomic E-state index is 0.0906. The zero-order chi connectivity index (χ0) is 13.3. The van der Waals surface area contributed by atoms with Crippen LogP contribution < -0.4 is 5.73 Å². The number of carbonyl (C=O) groups is 2. The number of thiocarbonyl (C=S) groups is 1. The molecule has 2 aliphatic rings. The number of rotatable bonds is 4. The van der Waals surface area contributed by atoms with Gasteiger partial charge in [-0.05, 0) is 18.6 Å². The highest BCUT2D eigenvalue weighted by Gasteiger charge is 2.41. The Morgan fingerprint density at radius 3 is 2.94 bits per heavy atom. The average molecular weight is 270 g/mol. The van der Waals surface area contributed by atoms with Crippen molar-refractivity contribution in [2.45, 2.75) is 32.0 Å². The first-order valence-corrected chi connectivity index (χ1v) is 6.14. The van der Waals surface area contributed by atoms with Crippen LogP contribution in [0.4, 0.5) is 0 Å². The first-order valence-electron chi connectivity index (χ1n) is 5.73. The Bertz CT molecular complexity index is 425. The second-order valence-electron chi connectivity index (χ2n) is 4.33. The smallest absolute Gasteiger partial charge is 0.304 e. The highest BCUT2D eigenvalue weighted by atomic mass is 32.1. The van der Waals surface area contributed by atoms with Crippen molar-refractivity contribution in [2.24, 2.45) is 21.9 Å². The van der Waals surface area contributed by atoms with Gasteiger partial charge in [-0.3, -0.25) is 9.59 Å². The molecule has 0 saturated carbocycles. The lowest BCUT2D eigenvalue weighted by molar-refractivity contribution is -0.136. The van der Waals surface area contributed by atoms with E-state index in [1.54, 1.807) is 0 Å². The third kappa shape index (κ3) is 2.33. The molecule has 2 N–H and O–H groups in total. The zero-order valence-electron chi connectivity index (χ0n) is 9.91. The summed E-state index contributed by atoms with van der Waals surface area (Å²) >= 11 is 4.75. The SMILES string of the molecule is CCC(C(N)=O)N1CC(C2N=NC(=S)O2)CC1=O. The number of primary amides is 1. The lowest BCUT2D eigenvalue weighted by Gasteiger charge is -2.24. The van der Waals surface area contributed by atoms with Crippen LogP contribution in [0, 0.1) is 5.92 Å². The molecule has 1 saturated heterocycles. The molecule has 0 radical (unpaired) electrons. The number of carbonyl (C=O) groups excluding carboxylic acids is 2. The summed E-state index contributed by atoms with van der Waals surface area (Å²) in [6.45, 7) is 2.21. The summed E-state index contributed by atoms with van der Waals surface area (Å²) in [5, 5.41) is 7.58. The molecule has 2 amide bonds. The standard InChI is InChI=1S/C10H14N4O3S/c1-2-6(8(11)16)14-4-5(3-7(14)15)9-12-13-10(18)17-9/h5-6,9H,2-4H2,1H3,(H2,11,16). The van der Waals surface area contributed by atoms with Gasteiger partial charge in [-0.25, -0.2) is 0 Å². The molecule has 98 valence electrons. The summed E-state index contributed by atoms with van der Waals surface area (Å²) in [4.78, 5) is 24.7. The Morgan fingerprint density at radius 1 is 1.72 bits per heavy atom. The van der Waals surface area contributed by atoms with Gasteiger partial charge in [-0.2, -0.15) is 0 Å². The fourth-order valence-electron chi connectivity index (χ4n) is 2.27. The fourth-order valence-corrected chi connectivity index (χ4v) is 2.42. The van der Waals surface area contributed by atoms with Gasteiger partial charge in [-0.1, -0.05) is 6.92 Å². The highest BCUT2D eigenvalue weighted by Crippen LogP contribution is 2.28. The monoisotopic (exact) mass is 270 g/mol. The molecule has 18 heavy (non-hydrogen) atoms. The molecular weight excluding hydrogens is 256 g/mol. The van der Waals surface area contributed by atoms with Crippen LogP contribution in [0.15, 0.2) is 10.2 Å². The number of hydrogen-bond donors (Lipinski definition) is 1. The molecule has 0 aromatic rings. The zero-order valence-corrected chi connectivity index (χ0v) is 10.7. The number of azo groups is 1. The fraction of sp³-hybridized carbons (Fsp3) is 0.700. The van der Waals surface area contributed by atoms with E-state index in [2.05, 4.69) is 10.2 Å². The molecule has 0 aromatic heterocycles. The average Bonchev–Trinajstić information content (AvgIpc) is 2.87. The molecule has 0 bridgehead atoms. The number of nitrogens with zero attached hydrogens (tertiary/aromatic N) is 3. The predicted molar refractivity (Wildman–Crippen MR) is 65.4 cm³/mol. The van der Waals surface area contributed by atoms with Crippen LogP contribution in [0.25, 0.3) is 0 Å². The number of ether oxygens (including phenoxy) is 1. The number of hydrogen-bond acceptors (Lipinski definition) is 5. The maximum absolute atomic E-state index is 11.9. The summed E-state index contributed by atoms with van der Waals surface area (Å²) in [7, 11) is 0. The molecule has 0 aromatic carbocycles. The van der Waals surface area contributed by atoms with Gasteiger partial charge in [0.1, 0.15) is 6.04 Å². The van der Waals surface area contributed by atoms with E-state index in [1.807, 2.05) is 6.92 Å². The molecule has 8 heteroatoms. The van der Waals surface area contributed by atoms with Crippen molar-refractivity contribution >= 4 is 29.2 Å². The van der Waals surface area contributed by atoms with E-state index in [9.17, 15) is 9.59 Å². The maximum Gasteiger partial charge on any atom is 0.304 e. The second-order valence-corrected chi connectivity index (χ2v) is 4.68. The van der Waals surface area contributed by atoms with Gasteiger partial charge in [-0.15, -0.1) is 10.2 Å². The van der Waals surface area contributed by atoms with E-state index in [0.29, 0.717) is 13.0 Å². The van der Waals surface area contributed by atoms with Gasteiger partial charge in [0.2, 0.25) is 18.0 Å². The van der Waals surface area contributed by atoms with Crippen molar-refractivity contribution in [3.05, 3.63) is 0 Å². The van der Waals surface area contributed by atoms with E-state index in [4.69, 9.17) is 22.7 Å². The van der Waals surface area contributed by atoms with Crippen LogP contribution in [0.2, 0.25) is 0 Å². The first-order chi connectivity index (χ1) is 8.52. The van der Waals surface area contributed by atoms with Crippen LogP contribution in [0.1, 0.15) is 19.8 Å². The number of likely N-dealkylation sites (tertiary alicyclic amines) is 1. The summed E-state index contributed by atoms with van der Waals surface area (Å²) in [6.07, 6.45) is 0.256. The lowest BCUT2D eigenvalue weighted by atomic mass is 10.1. The molecular formula is C10H14N4O3S. The van der Waals surface area contributed by atoms with Crippen LogP contribution in [0.3, 0.4) is 0 Å². The second kappa shape index (κ2) is 4.97. The minimum Gasteiger partial charge on any atom is -0.440 e. The molecule has 1 fully saturated rings. The van der Waals surface area contributed by atoms with Crippen LogP contribution in [-0.4, -0.2) is 40.7 Å². The third-order valence-electron chi connectivity index (χ3n) is 3.16. The van der Waals surface area contributed by atoms with Gasteiger partial charge in [0, 0.05) is 18.9 Å². The van der Waals surface area contributed by atoms with Gasteiger partial charge in [0.05, 0.1) is 0 Å². The summed E-state index contributed by atoms with van der Waals surface area (Å²) in [6, 6.07) is -0.562. The van der Waals surface area contributed by atoms with Crippen molar-refractivity contribution in [1.29, 1.82) is 0 Å². The van der Waals surface area contributed by atoms with Gasteiger partial charge in [0.25, 0.3) is 0 Å². The maximum atomic E-state index is 11.9. The quantitative estimate of drug-likeness (QED) is 0.737. The number of nitrogens with two attached hydrogens (primary N) is 1. The third-order valence-corrected chi connectivity index (χ3v) is 3.34. The van der Waals surface area contributed by atoms with Crippen LogP contribution in [-0.2, 0) is 14.3 Å². The Kier molecular flexibility index (Phi) is 3.55. The summed E-state index contributed by atoms with van der Waals surface area (Å²) < 4.78 is 5.22. The topological polar surface area (TPSA) is 97.4 Å². The highest BCUT2D eigenvalue weighted by molar-refractivity contribution is 7.80. The van der Waals surface area contributed by atoms with Gasteiger partial charge >= 0.3 is 5.17 Å². The normalized spacial score (nSPS) is 28.6. The Labute approximate surface area is 109 Å². The van der Waals surface area contributed by atoms with Crippen LogP contribution in [0.5, 0.6) is 0 Å². The van der Waals surface area contributed by atoms with E-state index < -0.39 is 18.2 Å². The Morgan fingerprint density at radius 2 is 2.44 bits per heavy atom. The molecule has 2 heterocycles. The van der Waals surface area contributed by atoms with Crippen molar-refractivity contribution in [3.8, 4) is 0 Å². The van der Waals surface area contributed by atoms with Crippen molar-refractivity contribution in [2.75, 3.05) is 6.54 Å². The minimum atomic E-state index is -0.562. The van der Waals surface area contributed by atoms with E-state index in [1.165, 1.54) is 4.90 Å². The molecule has 0 spiro atoms. The lowest BCUT2D eigenvalue weighted by Crippen LogP contribution is -2.45. The Hall–Kier alpha value is -1.57. The molecule has 0 aliphatic carbocycles. The largest absolute Gasteiger partial charge is 0.440 e. The van der Waals surface area contributed by atoms with Crippen molar-refractivity contribution in [1.82, 2.24) is 4.90 Å². The molecule has 3 atom stereocenters. The predicted octanol–water partition coefficient (Wildman–Crippen LogP) is 0.192. The van der Waals surface area contributed by atoms with Crippen molar-refractivity contribution < 1.29 is 14.3 Å². The molecule has 2 rings (SSSR count). The van der Waals surface area contributed by atoms with Crippen LogP contribution >= 0.6 is 12.2 Å². The summed E-state index contributed by atoms with van der Waals surface area (Å²) in [5.41, 5.74) is 5.28. The van der Waals surface area contributed by atoms with Gasteiger partial charge in [0.15, 0.2) is 0 Å². The van der Waals surface area contributed by atoms with Crippen molar-refractivity contribution in [3.63, 3.8) is 0 Å². The summed E-state index contributed by atoms with van der Waals surface area (Å²) in [5.74, 6) is -0.728.